The Morgan fingerprint density at radius 1 is 1.17 bits per heavy atom. The van der Waals surface area contributed by atoms with E-state index in [4.69, 9.17) is 14.2 Å². The highest BCUT2D eigenvalue weighted by atomic mass is 16.7. The number of nitrogens with zero attached hydrogens (tertiary/aromatic N) is 1. The fraction of sp³-hybridized carbons (Fsp3) is 0.368. The topological polar surface area (TPSA) is 51.2 Å². The molecule has 1 aliphatic rings. The van der Waals surface area contributed by atoms with E-state index < -0.39 is 6.10 Å². The molecular formula is C19H23NO4. The van der Waals surface area contributed by atoms with Crippen LogP contribution in [0.2, 0.25) is 0 Å². The van der Waals surface area contributed by atoms with E-state index in [1.807, 2.05) is 56.4 Å². The van der Waals surface area contributed by atoms with Crippen LogP contribution >= 0.6 is 0 Å². The lowest BCUT2D eigenvalue weighted by Gasteiger charge is -2.21. The third-order valence-corrected chi connectivity index (χ3v) is 3.94. The van der Waals surface area contributed by atoms with Gasteiger partial charge in [0.1, 0.15) is 18.5 Å². The van der Waals surface area contributed by atoms with E-state index in [9.17, 15) is 5.11 Å². The average Bonchev–Trinajstić information content (AvgIpc) is 3.01. The summed E-state index contributed by atoms with van der Waals surface area (Å²) in [6, 6.07) is 13.7. The lowest BCUT2D eigenvalue weighted by atomic mass is 10.2. The molecule has 1 N–H and O–H groups in total. The molecule has 5 heteroatoms. The number of hydrogen-bond donors (Lipinski definition) is 1. The second-order valence-corrected chi connectivity index (χ2v) is 6.11. The number of likely N-dealkylation sites (N-methyl/N-ethyl adjacent to an activating group) is 1. The number of aliphatic hydroxyl groups is 1. The fourth-order valence-electron chi connectivity index (χ4n) is 2.73. The third-order valence-electron chi connectivity index (χ3n) is 3.94. The zero-order chi connectivity index (χ0) is 16.9. The highest BCUT2D eigenvalue weighted by Gasteiger charge is 2.15. The van der Waals surface area contributed by atoms with E-state index in [2.05, 4.69) is 4.90 Å². The van der Waals surface area contributed by atoms with Crippen molar-refractivity contribution in [2.24, 2.45) is 0 Å². The Morgan fingerprint density at radius 3 is 2.79 bits per heavy atom. The van der Waals surface area contributed by atoms with Crippen LogP contribution in [0.25, 0.3) is 0 Å². The summed E-state index contributed by atoms with van der Waals surface area (Å²) in [4.78, 5) is 2.06. The monoisotopic (exact) mass is 329 g/mol. The lowest BCUT2D eigenvalue weighted by molar-refractivity contribution is 0.0741. The number of fused-ring (bicyclic) bond motifs is 1. The molecule has 0 bridgehead atoms. The van der Waals surface area contributed by atoms with Crippen LogP contribution in [0.15, 0.2) is 42.5 Å². The summed E-state index contributed by atoms with van der Waals surface area (Å²) in [5.41, 5.74) is 2.19. The van der Waals surface area contributed by atoms with Gasteiger partial charge >= 0.3 is 0 Å². The summed E-state index contributed by atoms with van der Waals surface area (Å²) in [6.07, 6.45) is -0.552. The Balaban J connectivity index is 1.47. The summed E-state index contributed by atoms with van der Waals surface area (Å²) < 4.78 is 16.4. The number of aliphatic hydroxyl groups excluding tert-OH is 1. The number of para-hydroxylation sites is 1. The minimum Gasteiger partial charge on any atom is -0.491 e. The molecule has 1 heterocycles. The van der Waals surface area contributed by atoms with Crippen molar-refractivity contribution in [1.29, 1.82) is 0 Å². The molecule has 0 aromatic heterocycles. The fourth-order valence-corrected chi connectivity index (χ4v) is 2.73. The van der Waals surface area contributed by atoms with Crippen molar-refractivity contribution in [2.45, 2.75) is 19.6 Å². The minimum atomic E-state index is -0.552. The third kappa shape index (κ3) is 4.19. The first-order valence-electron chi connectivity index (χ1n) is 8.05. The molecule has 0 fully saturated rings. The largest absolute Gasteiger partial charge is 0.491 e. The molecule has 0 aliphatic carbocycles. The maximum absolute atomic E-state index is 10.2. The predicted molar refractivity (Wildman–Crippen MR) is 91.6 cm³/mol. The van der Waals surface area contributed by atoms with Crippen LogP contribution in [-0.4, -0.2) is 43.1 Å². The number of benzene rings is 2. The van der Waals surface area contributed by atoms with Gasteiger partial charge in [-0.2, -0.15) is 0 Å². The van der Waals surface area contributed by atoms with Crippen molar-refractivity contribution in [3.05, 3.63) is 53.6 Å². The molecule has 5 nitrogen and oxygen atoms in total. The Bertz CT molecular complexity index is 689. The van der Waals surface area contributed by atoms with Gasteiger partial charge in [0.15, 0.2) is 11.5 Å². The molecule has 1 aliphatic heterocycles. The van der Waals surface area contributed by atoms with E-state index in [0.717, 1.165) is 34.9 Å². The molecule has 24 heavy (non-hydrogen) atoms. The highest BCUT2D eigenvalue weighted by Crippen LogP contribution is 2.32. The van der Waals surface area contributed by atoms with Gasteiger partial charge in [0.25, 0.3) is 0 Å². The summed E-state index contributed by atoms with van der Waals surface area (Å²) in [5.74, 6) is 2.38. The van der Waals surface area contributed by atoms with Gasteiger partial charge in [-0.05, 0) is 43.3 Å². The standard InChI is InChI=1S/C19H23NO4/c1-14-5-3-4-6-17(14)22-12-16(21)11-20(2)10-15-7-8-18-19(9-15)24-13-23-18/h3-9,16,21H,10-13H2,1-2H3. The molecule has 0 amide bonds. The number of rotatable bonds is 7. The quantitative estimate of drug-likeness (QED) is 0.846. The van der Waals surface area contributed by atoms with Crippen molar-refractivity contribution < 1.29 is 19.3 Å². The van der Waals surface area contributed by atoms with Crippen molar-refractivity contribution >= 4 is 0 Å². The zero-order valence-corrected chi connectivity index (χ0v) is 14.1. The Morgan fingerprint density at radius 2 is 1.96 bits per heavy atom. The Hall–Kier alpha value is -2.24. The second kappa shape index (κ2) is 7.55. The van der Waals surface area contributed by atoms with Gasteiger partial charge in [0, 0.05) is 13.1 Å². The van der Waals surface area contributed by atoms with Crippen LogP contribution < -0.4 is 14.2 Å². The van der Waals surface area contributed by atoms with E-state index in [-0.39, 0.29) is 13.4 Å². The van der Waals surface area contributed by atoms with Gasteiger partial charge in [-0.1, -0.05) is 24.3 Å². The Labute approximate surface area is 142 Å². The SMILES string of the molecule is Cc1ccccc1OCC(O)CN(C)Cc1ccc2c(c1)OCO2. The minimum absolute atomic E-state index is 0.274. The van der Waals surface area contributed by atoms with Crippen LogP contribution in [0.3, 0.4) is 0 Å². The second-order valence-electron chi connectivity index (χ2n) is 6.11. The Kier molecular flexibility index (Phi) is 5.23. The molecule has 2 aromatic rings. The first-order valence-corrected chi connectivity index (χ1v) is 8.05. The molecule has 0 radical (unpaired) electrons. The van der Waals surface area contributed by atoms with Crippen molar-refractivity contribution in [3.8, 4) is 17.2 Å². The molecule has 2 aromatic carbocycles. The van der Waals surface area contributed by atoms with Crippen LogP contribution in [0, 0.1) is 6.92 Å². The molecular weight excluding hydrogens is 306 g/mol. The van der Waals surface area contributed by atoms with E-state index in [0.29, 0.717) is 6.54 Å². The zero-order valence-electron chi connectivity index (χ0n) is 14.1. The van der Waals surface area contributed by atoms with Crippen LogP contribution in [0.1, 0.15) is 11.1 Å². The van der Waals surface area contributed by atoms with Gasteiger partial charge in [-0.15, -0.1) is 0 Å². The maximum atomic E-state index is 10.2. The van der Waals surface area contributed by atoms with Crippen LogP contribution in [0.4, 0.5) is 0 Å². The summed E-state index contributed by atoms with van der Waals surface area (Å²) in [5, 5.41) is 10.2. The van der Waals surface area contributed by atoms with Gasteiger partial charge in [0.2, 0.25) is 6.79 Å². The molecule has 0 saturated heterocycles. The summed E-state index contributed by atoms with van der Waals surface area (Å²) >= 11 is 0. The molecule has 0 spiro atoms. The number of ether oxygens (including phenoxy) is 3. The van der Waals surface area contributed by atoms with E-state index >= 15 is 0 Å². The van der Waals surface area contributed by atoms with E-state index in [1.54, 1.807) is 0 Å². The predicted octanol–water partition coefficient (Wildman–Crippen LogP) is 2.60. The highest BCUT2D eigenvalue weighted by molar-refractivity contribution is 5.44. The number of aryl methyl sites for hydroxylation is 1. The van der Waals surface area contributed by atoms with Crippen molar-refractivity contribution in [3.63, 3.8) is 0 Å². The van der Waals surface area contributed by atoms with Crippen LogP contribution in [-0.2, 0) is 6.54 Å². The summed E-state index contributed by atoms with van der Waals surface area (Å²) in [6.45, 7) is 3.80. The molecule has 3 rings (SSSR count). The van der Waals surface area contributed by atoms with Crippen molar-refractivity contribution in [2.75, 3.05) is 27.0 Å². The first-order chi connectivity index (χ1) is 11.6. The van der Waals surface area contributed by atoms with Gasteiger partial charge < -0.3 is 19.3 Å². The molecule has 1 atom stereocenters. The first kappa shape index (κ1) is 16.6. The van der Waals surface area contributed by atoms with Gasteiger partial charge in [-0.25, -0.2) is 0 Å². The molecule has 0 saturated carbocycles. The molecule has 1 unspecified atom stereocenters. The average molecular weight is 329 g/mol. The van der Waals surface area contributed by atoms with Crippen LogP contribution in [0.5, 0.6) is 17.2 Å². The van der Waals surface area contributed by atoms with Gasteiger partial charge in [-0.3, -0.25) is 4.90 Å². The lowest BCUT2D eigenvalue weighted by Crippen LogP contribution is -2.32. The summed E-state index contributed by atoms with van der Waals surface area (Å²) in [7, 11) is 1.97. The van der Waals surface area contributed by atoms with Crippen molar-refractivity contribution in [1.82, 2.24) is 4.90 Å². The normalized spacial score (nSPS) is 14.0. The molecule has 128 valence electrons. The smallest absolute Gasteiger partial charge is 0.231 e. The maximum Gasteiger partial charge on any atom is 0.231 e. The van der Waals surface area contributed by atoms with E-state index in [1.165, 1.54) is 0 Å². The van der Waals surface area contributed by atoms with Gasteiger partial charge in [0.05, 0.1) is 0 Å². The number of hydrogen-bond acceptors (Lipinski definition) is 5.